The highest BCUT2D eigenvalue weighted by Gasteiger charge is 2.09. The zero-order chi connectivity index (χ0) is 14.8. The van der Waals surface area contributed by atoms with Crippen LogP contribution in [0.3, 0.4) is 0 Å². The molecule has 0 bridgehead atoms. The smallest absolute Gasteiger partial charge is 0.224 e. The van der Waals surface area contributed by atoms with Gasteiger partial charge in [0.05, 0.1) is 18.9 Å². The molecule has 1 aromatic rings. The standard InChI is InChI=1S/C15H24N2O3/c1-4-19-12-8-9-14(20-5-2)13(11-12)17-15(18)7-6-10-16-3/h8-9,11,16H,4-7,10H2,1-3H3,(H,17,18). The van der Waals surface area contributed by atoms with Crippen molar-refractivity contribution in [3.05, 3.63) is 18.2 Å². The molecule has 20 heavy (non-hydrogen) atoms. The van der Waals surface area contributed by atoms with Gasteiger partial charge in [-0.15, -0.1) is 0 Å². The number of rotatable bonds is 9. The molecule has 0 saturated heterocycles. The highest BCUT2D eigenvalue weighted by atomic mass is 16.5. The Bertz CT molecular complexity index is 422. The molecule has 0 aliphatic rings. The van der Waals surface area contributed by atoms with Crippen molar-refractivity contribution in [2.75, 3.05) is 32.1 Å². The fourth-order valence-corrected chi connectivity index (χ4v) is 1.78. The highest BCUT2D eigenvalue weighted by molar-refractivity contribution is 5.92. The second-order valence-corrected chi connectivity index (χ2v) is 4.28. The lowest BCUT2D eigenvalue weighted by Gasteiger charge is -2.13. The number of amides is 1. The van der Waals surface area contributed by atoms with Crippen LogP contribution in [-0.2, 0) is 4.79 Å². The van der Waals surface area contributed by atoms with Crippen LogP contribution in [0.15, 0.2) is 18.2 Å². The van der Waals surface area contributed by atoms with Gasteiger partial charge in [-0.2, -0.15) is 0 Å². The van der Waals surface area contributed by atoms with E-state index in [-0.39, 0.29) is 5.91 Å². The molecule has 0 saturated carbocycles. The van der Waals surface area contributed by atoms with Crippen LogP contribution >= 0.6 is 0 Å². The predicted octanol–water partition coefficient (Wildman–Crippen LogP) is 2.42. The summed E-state index contributed by atoms with van der Waals surface area (Å²) in [5.74, 6) is 1.37. The van der Waals surface area contributed by atoms with Gasteiger partial charge in [-0.05, 0) is 46.0 Å². The first-order chi connectivity index (χ1) is 9.71. The van der Waals surface area contributed by atoms with Gasteiger partial charge in [-0.25, -0.2) is 0 Å². The Kier molecular flexibility index (Phi) is 7.50. The number of anilines is 1. The zero-order valence-electron chi connectivity index (χ0n) is 12.5. The molecule has 112 valence electrons. The second kappa shape index (κ2) is 9.20. The normalized spacial score (nSPS) is 10.2. The maximum Gasteiger partial charge on any atom is 0.224 e. The summed E-state index contributed by atoms with van der Waals surface area (Å²) in [6.07, 6.45) is 1.28. The second-order valence-electron chi connectivity index (χ2n) is 4.28. The topological polar surface area (TPSA) is 59.6 Å². The van der Waals surface area contributed by atoms with Crippen LogP contribution in [0.4, 0.5) is 5.69 Å². The number of carbonyl (C=O) groups is 1. The van der Waals surface area contributed by atoms with Gasteiger partial charge in [-0.3, -0.25) is 4.79 Å². The van der Waals surface area contributed by atoms with Crippen molar-refractivity contribution in [1.82, 2.24) is 5.32 Å². The van der Waals surface area contributed by atoms with Gasteiger partial charge in [0.1, 0.15) is 11.5 Å². The van der Waals surface area contributed by atoms with Gasteiger partial charge in [0, 0.05) is 12.5 Å². The molecule has 5 heteroatoms. The van der Waals surface area contributed by atoms with E-state index in [1.54, 1.807) is 6.07 Å². The Hall–Kier alpha value is -1.75. The fourth-order valence-electron chi connectivity index (χ4n) is 1.78. The summed E-state index contributed by atoms with van der Waals surface area (Å²) in [5, 5.41) is 5.90. The number of ether oxygens (including phenoxy) is 2. The van der Waals surface area contributed by atoms with Crippen molar-refractivity contribution in [3.63, 3.8) is 0 Å². The van der Waals surface area contributed by atoms with Crippen LogP contribution in [0.2, 0.25) is 0 Å². The van der Waals surface area contributed by atoms with Crippen LogP contribution in [0.5, 0.6) is 11.5 Å². The van der Waals surface area contributed by atoms with E-state index in [2.05, 4.69) is 10.6 Å². The van der Waals surface area contributed by atoms with Crippen molar-refractivity contribution < 1.29 is 14.3 Å². The molecular weight excluding hydrogens is 256 g/mol. The number of nitrogens with one attached hydrogen (secondary N) is 2. The van der Waals surface area contributed by atoms with E-state index in [0.29, 0.717) is 31.1 Å². The molecule has 2 N–H and O–H groups in total. The molecule has 0 aliphatic heterocycles. The Morgan fingerprint density at radius 2 is 1.95 bits per heavy atom. The van der Waals surface area contributed by atoms with Gasteiger partial charge in [0.15, 0.2) is 0 Å². The molecule has 0 spiro atoms. The lowest BCUT2D eigenvalue weighted by atomic mass is 10.2. The summed E-state index contributed by atoms with van der Waals surface area (Å²) in [6, 6.07) is 5.45. The molecule has 0 aromatic heterocycles. The minimum Gasteiger partial charge on any atom is -0.494 e. The largest absolute Gasteiger partial charge is 0.494 e. The first-order valence-corrected chi connectivity index (χ1v) is 7.05. The first-order valence-electron chi connectivity index (χ1n) is 7.05. The zero-order valence-corrected chi connectivity index (χ0v) is 12.5. The number of carbonyl (C=O) groups excluding carboxylic acids is 1. The average molecular weight is 280 g/mol. The highest BCUT2D eigenvalue weighted by Crippen LogP contribution is 2.29. The predicted molar refractivity (Wildman–Crippen MR) is 80.6 cm³/mol. The Morgan fingerprint density at radius 3 is 2.60 bits per heavy atom. The summed E-state index contributed by atoms with van der Waals surface area (Å²) in [7, 11) is 1.87. The van der Waals surface area contributed by atoms with Crippen molar-refractivity contribution in [3.8, 4) is 11.5 Å². The Labute approximate surface area is 120 Å². The summed E-state index contributed by atoms with van der Waals surface area (Å²) >= 11 is 0. The van der Waals surface area contributed by atoms with E-state index >= 15 is 0 Å². The van der Waals surface area contributed by atoms with Crippen LogP contribution in [0.25, 0.3) is 0 Å². The van der Waals surface area contributed by atoms with Gasteiger partial charge in [0.25, 0.3) is 0 Å². The minimum absolute atomic E-state index is 0.0187. The van der Waals surface area contributed by atoms with Crippen molar-refractivity contribution in [2.45, 2.75) is 26.7 Å². The summed E-state index contributed by atoms with van der Waals surface area (Å²) in [6.45, 7) is 5.80. The van der Waals surface area contributed by atoms with E-state index in [4.69, 9.17) is 9.47 Å². The third-order valence-corrected chi connectivity index (χ3v) is 2.67. The third-order valence-electron chi connectivity index (χ3n) is 2.67. The molecule has 1 aromatic carbocycles. The van der Waals surface area contributed by atoms with E-state index < -0.39 is 0 Å². The number of hydrogen-bond donors (Lipinski definition) is 2. The molecule has 0 fully saturated rings. The third kappa shape index (κ3) is 5.48. The average Bonchev–Trinajstić information content (AvgIpc) is 2.42. The molecule has 0 atom stereocenters. The monoisotopic (exact) mass is 280 g/mol. The molecule has 5 nitrogen and oxygen atoms in total. The van der Waals surface area contributed by atoms with E-state index in [1.165, 1.54) is 0 Å². The quantitative estimate of drug-likeness (QED) is 0.682. The van der Waals surface area contributed by atoms with Crippen molar-refractivity contribution in [1.29, 1.82) is 0 Å². The van der Waals surface area contributed by atoms with Crippen LogP contribution in [0.1, 0.15) is 26.7 Å². The van der Waals surface area contributed by atoms with E-state index in [1.807, 2.05) is 33.0 Å². The maximum atomic E-state index is 11.9. The summed E-state index contributed by atoms with van der Waals surface area (Å²) < 4.78 is 11.0. The maximum absolute atomic E-state index is 11.9. The van der Waals surface area contributed by atoms with Crippen molar-refractivity contribution >= 4 is 11.6 Å². The first kappa shape index (κ1) is 16.3. The fraction of sp³-hybridized carbons (Fsp3) is 0.533. The van der Waals surface area contributed by atoms with Gasteiger partial charge in [-0.1, -0.05) is 0 Å². The summed E-state index contributed by atoms with van der Waals surface area (Å²) in [4.78, 5) is 11.9. The van der Waals surface area contributed by atoms with Gasteiger partial charge < -0.3 is 20.1 Å². The lowest BCUT2D eigenvalue weighted by Crippen LogP contribution is -2.16. The van der Waals surface area contributed by atoms with E-state index in [9.17, 15) is 4.79 Å². The molecular formula is C15H24N2O3. The molecule has 0 radical (unpaired) electrons. The molecule has 0 heterocycles. The number of hydrogen-bond acceptors (Lipinski definition) is 4. The SMILES string of the molecule is CCOc1ccc(OCC)c(NC(=O)CCCNC)c1. The number of benzene rings is 1. The minimum atomic E-state index is -0.0187. The molecule has 0 aliphatic carbocycles. The molecule has 1 amide bonds. The van der Waals surface area contributed by atoms with Crippen LogP contribution in [-0.4, -0.2) is 32.7 Å². The van der Waals surface area contributed by atoms with Crippen LogP contribution < -0.4 is 20.1 Å². The van der Waals surface area contributed by atoms with Crippen LogP contribution in [0, 0.1) is 0 Å². The Morgan fingerprint density at radius 1 is 1.20 bits per heavy atom. The summed E-state index contributed by atoms with van der Waals surface area (Å²) in [5.41, 5.74) is 0.659. The van der Waals surface area contributed by atoms with Gasteiger partial charge >= 0.3 is 0 Å². The van der Waals surface area contributed by atoms with Crippen molar-refractivity contribution in [2.24, 2.45) is 0 Å². The van der Waals surface area contributed by atoms with Gasteiger partial charge in [0.2, 0.25) is 5.91 Å². The lowest BCUT2D eigenvalue weighted by molar-refractivity contribution is -0.116. The van der Waals surface area contributed by atoms with E-state index in [0.717, 1.165) is 18.7 Å². The Balaban J connectivity index is 2.72. The molecule has 1 rings (SSSR count). The molecule has 0 unspecified atom stereocenters.